The molecule has 0 unspecified atom stereocenters. The van der Waals surface area contributed by atoms with Gasteiger partial charge >= 0.3 is 16.8 Å². The molecule has 235 valence electrons. The number of aromatic hydroxyl groups is 2. The number of aliphatic imine (C=N–C) groups is 2. The number of carbonyl (C=O) groups excluding carboxylic acids is 2. The Hall–Kier alpha value is -3.17. The number of phenols is 2. The van der Waals surface area contributed by atoms with Crippen molar-refractivity contribution in [2.24, 2.45) is 20.8 Å². The average Bonchev–Trinajstić information content (AvgIpc) is 2.76. The van der Waals surface area contributed by atoms with Crippen molar-refractivity contribution in [3.05, 3.63) is 57.6 Å². The zero-order valence-electron chi connectivity index (χ0n) is 26.8. The number of nitrogens with zero attached hydrogens (tertiary/aromatic N) is 2. The first-order valence-corrected chi connectivity index (χ1v) is 13.7. The van der Waals surface area contributed by atoms with Gasteiger partial charge in [0.1, 0.15) is 11.5 Å². The second-order valence-corrected chi connectivity index (χ2v) is 12.6. The van der Waals surface area contributed by atoms with Crippen LogP contribution in [0.5, 0.6) is 11.5 Å². The van der Waals surface area contributed by atoms with Gasteiger partial charge in [0.2, 0.25) is 0 Å². The first kappa shape index (κ1) is 41.0. The number of carbonyl (C=O) groups is 2. The molecule has 0 heterocycles. The van der Waals surface area contributed by atoms with E-state index < -0.39 is 11.9 Å². The normalized spacial score (nSPS) is 11.3. The van der Waals surface area contributed by atoms with Gasteiger partial charge in [0.15, 0.2) is 0 Å². The molecule has 2 rings (SSSR count). The minimum atomic E-state index is -1.08. The molecule has 2 N–H and O–H groups in total. The second kappa shape index (κ2) is 19.1. The Bertz CT molecular complexity index is 1110. The summed E-state index contributed by atoms with van der Waals surface area (Å²) in [7, 11) is 0. The van der Waals surface area contributed by atoms with Crippen LogP contribution in [0.15, 0.2) is 34.3 Å². The Morgan fingerprint density at radius 3 is 1.26 bits per heavy atom. The average molecular weight is 628 g/mol. The van der Waals surface area contributed by atoms with E-state index in [2.05, 4.69) is 63.7 Å². The molecule has 0 saturated carbocycles. The Morgan fingerprint density at radius 1 is 0.714 bits per heavy atom. The van der Waals surface area contributed by atoms with Crippen molar-refractivity contribution in [2.75, 3.05) is 13.1 Å². The summed E-state index contributed by atoms with van der Waals surface area (Å²) in [6, 6.07) is 8.18. The van der Waals surface area contributed by atoms with E-state index in [1.54, 1.807) is 12.4 Å². The van der Waals surface area contributed by atoms with Gasteiger partial charge in [-0.2, -0.15) is 0 Å². The van der Waals surface area contributed by atoms with E-state index in [9.17, 15) is 10.2 Å². The molecule has 0 bridgehead atoms. The SMILES string of the molecule is CC(=O)[O-].CC(=O)[O-].Cc1cc(CC(C)(C)C)cc(C=NCCCN=Cc2cc(CC(C)(C)C)cc(C)c2O)c1O.[Co+2]. The number of carboxylic acids is 2. The molecular formula is C33H48CoN2O6. The van der Waals surface area contributed by atoms with Crippen molar-refractivity contribution in [1.82, 2.24) is 0 Å². The van der Waals surface area contributed by atoms with Gasteiger partial charge in [0.05, 0.1) is 0 Å². The van der Waals surface area contributed by atoms with Gasteiger partial charge < -0.3 is 30.0 Å². The molecule has 0 aliphatic carbocycles. The van der Waals surface area contributed by atoms with E-state index in [-0.39, 0.29) is 27.6 Å². The van der Waals surface area contributed by atoms with Crippen LogP contribution in [-0.2, 0) is 39.2 Å². The number of phenolic OH excluding ortho intramolecular Hbond substituents is 2. The van der Waals surface area contributed by atoms with Crippen molar-refractivity contribution < 1.29 is 46.8 Å². The number of benzene rings is 2. The minimum absolute atomic E-state index is 0. The zero-order valence-corrected chi connectivity index (χ0v) is 27.8. The van der Waals surface area contributed by atoms with E-state index in [1.807, 2.05) is 26.0 Å². The molecule has 8 nitrogen and oxygen atoms in total. The van der Waals surface area contributed by atoms with Crippen molar-refractivity contribution in [2.45, 2.75) is 88.5 Å². The van der Waals surface area contributed by atoms with Gasteiger partial charge in [-0.05, 0) is 92.2 Å². The quantitative estimate of drug-likeness (QED) is 0.329. The van der Waals surface area contributed by atoms with Gasteiger partial charge in [-0.15, -0.1) is 0 Å². The van der Waals surface area contributed by atoms with Crippen LogP contribution in [0.3, 0.4) is 0 Å². The van der Waals surface area contributed by atoms with Crippen LogP contribution in [0, 0.1) is 24.7 Å². The number of hydrogen-bond donors (Lipinski definition) is 2. The van der Waals surface area contributed by atoms with Gasteiger partial charge in [0.25, 0.3) is 0 Å². The molecule has 0 saturated heterocycles. The Balaban J connectivity index is 0. The van der Waals surface area contributed by atoms with Gasteiger partial charge in [0, 0.05) is 48.6 Å². The van der Waals surface area contributed by atoms with Crippen LogP contribution in [0.4, 0.5) is 0 Å². The van der Waals surface area contributed by atoms with E-state index in [0.717, 1.165) is 55.4 Å². The Morgan fingerprint density at radius 2 is 1.00 bits per heavy atom. The smallest absolute Gasteiger partial charge is 0.550 e. The number of hydrogen-bond acceptors (Lipinski definition) is 8. The van der Waals surface area contributed by atoms with Crippen LogP contribution < -0.4 is 10.2 Å². The van der Waals surface area contributed by atoms with Gasteiger partial charge in [-0.25, -0.2) is 0 Å². The number of carboxylic acid groups (broad SMARTS) is 2. The molecule has 0 fully saturated rings. The van der Waals surface area contributed by atoms with Crippen LogP contribution in [0.2, 0.25) is 0 Å². The van der Waals surface area contributed by atoms with Crippen molar-refractivity contribution in [3.63, 3.8) is 0 Å². The van der Waals surface area contributed by atoms with E-state index in [1.165, 1.54) is 11.1 Å². The summed E-state index contributed by atoms with van der Waals surface area (Å²) in [5.74, 6) is -1.56. The third-order valence-electron chi connectivity index (χ3n) is 5.28. The van der Waals surface area contributed by atoms with Crippen molar-refractivity contribution in [3.8, 4) is 11.5 Å². The Labute approximate surface area is 262 Å². The first-order chi connectivity index (χ1) is 18.7. The maximum atomic E-state index is 10.4. The summed E-state index contributed by atoms with van der Waals surface area (Å²) < 4.78 is 0. The maximum absolute atomic E-state index is 10.4. The molecule has 0 aliphatic rings. The molecule has 0 aliphatic heterocycles. The zero-order chi connectivity index (χ0) is 32.0. The minimum Gasteiger partial charge on any atom is -0.550 e. The van der Waals surface area contributed by atoms with E-state index in [0.29, 0.717) is 24.6 Å². The van der Waals surface area contributed by atoms with Gasteiger partial charge in [-0.3, -0.25) is 9.98 Å². The molecule has 2 aromatic rings. The topological polar surface area (TPSA) is 145 Å². The fourth-order valence-corrected chi connectivity index (χ4v) is 3.97. The molecule has 9 heteroatoms. The molecular weight excluding hydrogens is 579 g/mol. The number of aryl methyl sites for hydroxylation is 2. The van der Waals surface area contributed by atoms with Crippen LogP contribution >= 0.6 is 0 Å². The first-order valence-electron chi connectivity index (χ1n) is 13.7. The summed E-state index contributed by atoms with van der Waals surface area (Å²) in [5.41, 5.74) is 6.12. The molecule has 2 aromatic carbocycles. The summed E-state index contributed by atoms with van der Waals surface area (Å²) in [4.78, 5) is 26.8. The summed E-state index contributed by atoms with van der Waals surface area (Å²) in [5, 5.41) is 38.6. The van der Waals surface area contributed by atoms with Crippen LogP contribution in [-0.4, -0.2) is 47.7 Å². The summed E-state index contributed by atoms with van der Waals surface area (Å²) in [6.07, 6.45) is 6.24. The largest absolute Gasteiger partial charge is 2.00 e. The van der Waals surface area contributed by atoms with E-state index >= 15 is 0 Å². The van der Waals surface area contributed by atoms with Crippen LogP contribution in [0.1, 0.15) is 95.2 Å². The standard InChI is InChI=1S/C29H42N2O2.2C2H4O2.Co/c1-20-12-22(16-28(3,4)5)14-24(26(20)32)18-30-10-9-11-31-19-25-15-23(17-29(6,7)8)13-21(2)27(25)33;2*1-2(3)4;/h12-15,18-19,32-33H,9-11,16-17H2,1-8H3;2*1H3,(H,3,4);/q;;;+2/p-2. The monoisotopic (exact) mass is 627 g/mol. The molecule has 0 amide bonds. The van der Waals surface area contributed by atoms with Gasteiger partial charge in [-0.1, -0.05) is 53.7 Å². The molecule has 0 atom stereocenters. The molecule has 0 spiro atoms. The second-order valence-electron chi connectivity index (χ2n) is 12.6. The third kappa shape index (κ3) is 19.8. The summed E-state index contributed by atoms with van der Waals surface area (Å²) in [6.45, 7) is 20.4. The predicted molar refractivity (Wildman–Crippen MR) is 163 cm³/mol. The van der Waals surface area contributed by atoms with Crippen LogP contribution in [0.25, 0.3) is 0 Å². The summed E-state index contributed by atoms with van der Waals surface area (Å²) >= 11 is 0. The maximum Gasteiger partial charge on any atom is 2.00 e. The predicted octanol–water partition coefficient (Wildman–Crippen LogP) is 4.33. The fraction of sp³-hybridized carbons (Fsp3) is 0.515. The molecule has 1 radical (unpaired) electrons. The number of rotatable bonds is 8. The number of aliphatic carboxylic acids is 2. The van der Waals surface area contributed by atoms with E-state index in [4.69, 9.17) is 19.8 Å². The Kier molecular flexibility index (Phi) is 18.6. The molecule has 42 heavy (non-hydrogen) atoms. The fourth-order valence-electron chi connectivity index (χ4n) is 3.97. The molecule has 0 aromatic heterocycles. The van der Waals surface area contributed by atoms with Crippen molar-refractivity contribution in [1.29, 1.82) is 0 Å². The van der Waals surface area contributed by atoms with Crippen molar-refractivity contribution >= 4 is 24.4 Å². The third-order valence-corrected chi connectivity index (χ3v) is 5.28.